The summed E-state index contributed by atoms with van der Waals surface area (Å²) in [5, 5.41) is 10.8. The van der Waals surface area contributed by atoms with Gasteiger partial charge in [0.2, 0.25) is 0 Å². The minimum absolute atomic E-state index is 0.197. The molecule has 3 rings (SSSR count). The first-order valence-corrected chi connectivity index (χ1v) is 7.26. The zero-order valence-corrected chi connectivity index (χ0v) is 12.4. The van der Waals surface area contributed by atoms with Crippen LogP contribution in [0.2, 0.25) is 0 Å². The molecule has 1 N–H and O–H groups in total. The fourth-order valence-corrected chi connectivity index (χ4v) is 2.32. The summed E-state index contributed by atoms with van der Waals surface area (Å²) in [5.41, 5.74) is 2.41. The zero-order chi connectivity index (χ0) is 15.4. The number of hydrogen-bond acceptors (Lipinski definition) is 3. The van der Waals surface area contributed by atoms with Crippen molar-refractivity contribution in [1.82, 2.24) is 4.98 Å². The fraction of sp³-hybridized carbons (Fsp3) is 0.105. The highest BCUT2D eigenvalue weighted by atomic mass is 16.5. The highest BCUT2D eigenvalue weighted by Crippen LogP contribution is 2.24. The van der Waals surface area contributed by atoms with E-state index in [9.17, 15) is 5.11 Å². The van der Waals surface area contributed by atoms with Crippen molar-refractivity contribution in [3.05, 3.63) is 65.9 Å². The van der Waals surface area contributed by atoms with Crippen molar-refractivity contribution in [2.45, 2.75) is 6.92 Å². The Labute approximate surface area is 129 Å². The molecule has 0 amide bonds. The average molecular weight is 291 g/mol. The van der Waals surface area contributed by atoms with Gasteiger partial charge < -0.3 is 9.84 Å². The van der Waals surface area contributed by atoms with Crippen LogP contribution >= 0.6 is 0 Å². The lowest BCUT2D eigenvalue weighted by Crippen LogP contribution is -1.93. The molecule has 2 aromatic carbocycles. The summed E-state index contributed by atoms with van der Waals surface area (Å²) in [6.45, 7) is 2.60. The predicted molar refractivity (Wildman–Crippen MR) is 89.9 cm³/mol. The maximum absolute atomic E-state index is 9.89. The number of rotatable bonds is 4. The Hall–Kier alpha value is -2.81. The summed E-state index contributed by atoms with van der Waals surface area (Å²) < 4.78 is 5.60. The number of fused-ring (bicyclic) bond motifs is 1. The molecule has 3 nitrogen and oxygen atoms in total. The Balaban J connectivity index is 1.94. The summed E-state index contributed by atoms with van der Waals surface area (Å²) in [5.74, 6) is 1.05. The first kappa shape index (κ1) is 14.1. The van der Waals surface area contributed by atoms with Gasteiger partial charge in [0.1, 0.15) is 17.0 Å². The largest absolute Gasteiger partial charge is 0.506 e. The van der Waals surface area contributed by atoms with Crippen LogP contribution in [-0.2, 0) is 0 Å². The zero-order valence-electron chi connectivity index (χ0n) is 12.4. The Kier molecular flexibility index (Phi) is 4.05. The van der Waals surface area contributed by atoms with Gasteiger partial charge in [-0.05, 0) is 37.3 Å². The number of phenols is 1. The summed E-state index contributed by atoms with van der Waals surface area (Å²) in [6.07, 6.45) is 3.89. The number of phenolic OH excluding ortho intramolecular Hbond substituents is 1. The van der Waals surface area contributed by atoms with E-state index in [0.29, 0.717) is 12.1 Å². The van der Waals surface area contributed by atoms with E-state index in [4.69, 9.17) is 4.74 Å². The molecule has 0 spiro atoms. The molecular formula is C19H17NO2. The first-order chi connectivity index (χ1) is 10.8. The van der Waals surface area contributed by atoms with Gasteiger partial charge in [-0.15, -0.1) is 0 Å². The molecular weight excluding hydrogens is 274 g/mol. The Morgan fingerprint density at radius 2 is 1.86 bits per heavy atom. The Morgan fingerprint density at radius 1 is 1.00 bits per heavy atom. The van der Waals surface area contributed by atoms with Crippen LogP contribution in [0, 0.1) is 0 Å². The Bertz CT molecular complexity index is 825. The van der Waals surface area contributed by atoms with E-state index in [1.165, 1.54) is 0 Å². The minimum Gasteiger partial charge on any atom is -0.506 e. The van der Waals surface area contributed by atoms with Crippen LogP contribution in [0.25, 0.3) is 23.1 Å². The van der Waals surface area contributed by atoms with Crippen molar-refractivity contribution in [1.29, 1.82) is 0 Å². The van der Waals surface area contributed by atoms with Crippen LogP contribution in [0.3, 0.4) is 0 Å². The highest BCUT2D eigenvalue weighted by Gasteiger charge is 2.02. The van der Waals surface area contributed by atoms with E-state index in [-0.39, 0.29) is 5.75 Å². The second-order valence-electron chi connectivity index (χ2n) is 4.89. The number of pyridine rings is 1. The van der Waals surface area contributed by atoms with Crippen molar-refractivity contribution < 1.29 is 9.84 Å². The van der Waals surface area contributed by atoms with Crippen LogP contribution in [0.15, 0.2) is 54.6 Å². The molecule has 0 unspecified atom stereocenters. The third-order valence-corrected chi connectivity index (χ3v) is 3.37. The second-order valence-corrected chi connectivity index (χ2v) is 4.89. The number of nitrogens with zero attached hydrogens (tertiary/aromatic N) is 1. The summed E-state index contributed by atoms with van der Waals surface area (Å²) in [6, 6.07) is 17.2. The lowest BCUT2D eigenvalue weighted by Gasteiger charge is -2.06. The lowest BCUT2D eigenvalue weighted by atomic mass is 10.1. The Morgan fingerprint density at radius 3 is 2.73 bits per heavy atom. The van der Waals surface area contributed by atoms with E-state index < -0.39 is 0 Å². The van der Waals surface area contributed by atoms with E-state index in [0.717, 1.165) is 22.4 Å². The number of hydrogen-bond donors (Lipinski definition) is 1. The molecule has 0 aliphatic heterocycles. The molecule has 110 valence electrons. The predicted octanol–water partition coefficient (Wildman–Crippen LogP) is 4.51. The van der Waals surface area contributed by atoms with Gasteiger partial charge in [0.25, 0.3) is 0 Å². The molecule has 0 aliphatic carbocycles. The van der Waals surface area contributed by atoms with E-state index >= 15 is 0 Å². The number of para-hydroxylation sites is 2. The smallest absolute Gasteiger partial charge is 0.141 e. The van der Waals surface area contributed by atoms with Crippen molar-refractivity contribution in [3.63, 3.8) is 0 Å². The maximum Gasteiger partial charge on any atom is 0.141 e. The second kappa shape index (κ2) is 6.31. The minimum atomic E-state index is 0.197. The first-order valence-electron chi connectivity index (χ1n) is 7.26. The molecule has 0 saturated carbocycles. The third-order valence-electron chi connectivity index (χ3n) is 3.37. The van der Waals surface area contributed by atoms with E-state index in [1.807, 2.05) is 67.6 Å². The number of benzene rings is 2. The van der Waals surface area contributed by atoms with Crippen LogP contribution in [-0.4, -0.2) is 16.7 Å². The SMILES string of the molecule is CCOc1ccccc1/C=C/c1ccc2cccc(O)c2n1. The van der Waals surface area contributed by atoms with Gasteiger partial charge in [0.05, 0.1) is 12.3 Å². The topological polar surface area (TPSA) is 42.4 Å². The molecule has 3 heteroatoms. The molecule has 0 radical (unpaired) electrons. The normalized spacial score (nSPS) is 11.1. The molecule has 22 heavy (non-hydrogen) atoms. The third kappa shape index (κ3) is 2.93. The molecule has 1 aromatic heterocycles. The van der Waals surface area contributed by atoms with Gasteiger partial charge in [-0.1, -0.05) is 36.4 Å². The molecule has 0 atom stereocenters. The number of aromatic hydroxyl groups is 1. The number of aromatic nitrogens is 1. The molecule has 0 aliphatic rings. The van der Waals surface area contributed by atoms with Crippen LogP contribution in [0.5, 0.6) is 11.5 Å². The van der Waals surface area contributed by atoms with Crippen molar-refractivity contribution in [3.8, 4) is 11.5 Å². The van der Waals surface area contributed by atoms with Gasteiger partial charge in [-0.2, -0.15) is 0 Å². The standard InChI is InChI=1S/C19H17NO2/c1-2-22-18-9-4-3-6-14(18)10-12-16-13-11-15-7-5-8-17(21)19(15)20-16/h3-13,21H,2H2,1H3/b12-10+. The van der Waals surface area contributed by atoms with Gasteiger partial charge in [0.15, 0.2) is 0 Å². The van der Waals surface area contributed by atoms with Gasteiger partial charge in [0, 0.05) is 10.9 Å². The number of ether oxygens (including phenoxy) is 1. The average Bonchev–Trinajstić information content (AvgIpc) is 2.55. The van der Waals surface area contributed by atoms with E-state index in [1.54, 1.807) is 6.07 Å². The van der Waals surface area contributed by atoms with Crippen LogP contribution in [0.4, 0.5) is 0 Å². The molecule has 3 aromatic rings. The van der Waals surface area contributed by atoms with Crippen LogP contribution in [0.1, 0.15) is 18.2 Å². The molecule has 0 saturated heterocycles. The maximum atomic E-state index is 9.89. The summed E-state index contributed by atoms with van der Waals surface area (Å²) in [4.78, 5) is 4.49. The summed E-state index contributed by atoms with van der Waals surface area (Å²) >= 11 is 0. The fourth-order valence-electron chi connectivity index (χ4n) is 2.32. The van der Waals surface area contributed by atoms with Crippen molar-refractivity contribution in [2.75, 3.05) is 6.61 Å². The van der Waals surface area contributed by atoms with Gasteiger partial charge in [-0.3, -0.25) is 0 Å². The van der Waals surface area contributed by atoms with Gasteiger partial charge >= 0.3 is 0 Å². The van der Waals surface area contributed by atoms with Gasteiger partial charge in [-0.25, -0.2) is 4.98 Å². The molecule has 1 heterocycles. The highest BCUT2D eigenvalue weighted by molar-refractivity contribution is 5.85. The lowest BCUT2D eigenvalue weighted by molar-refractivity contribution is 0.339. The van der Waals surface area contributed by atoms with Crippen molar-refractivity contribution >= 4 is 23.1 Å². The van der Waals surface area contributed by atoms with Crippen molar-refractivity contribution in [2.24, 2.45) is 0 Å². The summed E-state index contributed by atoms with van der Waals surface area (Å²) in [7, 11) is 0. The molecule has 0 bridgehead atoms. The quantitative estimate of drug-likeness (QED) is 0.769. The van der Waals surface area contributed by atoms with E-state index in [2.05, 4.69) is 4.98 Å². The molecule has 0 fully saturated rings. The van der Waals surface area contributed by atoms with Crippen LogP contribution < -0.4 is 4.74 Å². The monoisotopic (exact) mass is 291 g/mol.